The molecule has 6 heteroatoms. The van der Waals surface area contributed by atoms with Gasteiger partial charge < -0.3 is 15.5 Å². The van der Waals surface area contributed by atoms with E-state index in [4.69, 9.17) is 0 Å². The zero-order chi connectivity index (χ0) is 17.0. The van der Waals surface area contributed by atoms with Crippen molar-refractivity contribution in [3.05, 3.63) is 35.4 Å². The standard InChI is InChI=1S/C17H26F2N4/c1-5-20-17(22-14-9-11(14)2)21-10-15(23(3)4)16-12(18)7-6-8-13(16)19/h6-8,11,14-15H,5,9-10H2,1-4H3,(H2,20,21,22). The van der Waals surface area contributed by atoms with Gasteiger partial charge in [-0.05, 0) is 45.5 Å². The van der Waals surface area contributed by atoms with Crippen molar-refractivity contribution in [2.45, 2.75) is 32.4 Å². The second-order valence-electron chi connectivity index (χ2n) is 6.30. The number of nitrogens with one attached hydrogen (secondary N) is 2. The van der Waals surface area contributed by atoms with Crippen LogP contribution in [0.2, 0.25) is 0 Å². The molecule has 1 aliphatic carbocycles. The van der Waals surface area contributed by atoms with E-state index in [1.807, 2.05) is 6.92 Å². The van der Waals surface area contributed by atoms with Gasteiger partial charge in [0, 0.05) is 18.2 Å². The van der Waals surface area contributed by atoms with Crippen molar-refractivity contribution in [2.75, 3.05) is 27.2 Å². The molecule has 23 heavy (non-hydrogen) atoms. The van der Waals surface area contributed by atoms with Gasteiger partial charge in [-0.2, -0.15) is 0 Å². The molecule has 0 spiro atoms. The van der Waals surface area contributed by atoms with Gasteiger partial charge in [0.2, 0.25) is 0 Å². The largest absolute Gasteiger partial charge is 0.357 e. The lowest BCUT2D eigenvalue weighted by Gasteiger charge is -2.24. The fourth-order valence-electron chi connectivity index (χ4n) is 2.54. The number of likely N-dealkylation sites (N-methyl/N-ethyl adjacent to an activating group) is 1. The summed E-state index contributed by atoms with van der Waals surface area (Å²) < 4.78 is 28.1. The van der Waals surface area contributed by atoms with Crippen LogP contribution in [-0.2, 0) is 0 Å². The monoisotopic (exact) mass is 324 g/mol. The van der Waals surface area contributed by atoms with Crippen molar-refractivity contribution < 1.29 is 8.78 Å². The van der Waals surface area contributed by atoms with Gasteiger partial charge in [0.1, 0.15) is 11.6 Å². The summed E-state index contributed by atoms with van der Waals surface area (Å²) in [5.74, 6) is 0.276. The Morgan fingerprint density at radius 2 is 1.96 bits per heavy atom. The van der Waals surface area contributed by atoms with Crippen LogP contribution in [0.5, 0.6) is 0 Å². The van der Waals surface area contributed by atoms with Crippen LogP contribution in [0.25, 0.3) is 0 Å². The predicted octanol–water partition coefficient (Wildman–Crippen LogP) is 2.53. The van der Waals surface area contributed by atoms with Crippen LogP contribution in [-0.4, -0.2) is 44.1 Å². The fourth-order valence-corrected chi connectivity index (χ4v) is 2.54. The topological polar surface area (TPSA) is 39.7 Å². The summed E-state index contributed by atoms with van der Waals surface area (Å²) in [6.07, 6.45) is 1.13. The third-order valence-corrected chi connectivity index (χ3v) is 4.15. The molecule has 0 saturated heterocycles. The number of guanidine groups is 1. The molecule has 1 saturated carbocycles. The van der Waals surface area contributed by atoms with Crippen LogP contribution in [0.4, 0.5) is 8.78 Å². The molecule has 0 aromatic heterocycles. The van der Waals surface area contributed by atoms with Crippen molar-refractivity contribution in [2.24, 2.45) is 10.9 Å². The molecule has 128 valence electrons. The number of hydrogen-bond donors (Lipinski definition) is 2. The molecule has 1 aromatic carbocycles. The molecule has 0 bridgehead atoms. The molecule has 1 aromatic rings. The van der Waals surface area contributed by atoms with E-state index >= 15 is 0 Å². The van der Waals surface area contributed by atoms with Crippen molar-refractivity contribution in [1.29, 1.82) is 0 Å². The first-order valence-electron chi connectivity index (χ1n) is 8.09. The highest BCUT2D eigenvalue weighted by molar-refractivity contribution is 5.80. The number of rotatable bonds is 6. The normalized spacial score (nSPS) is 22.1. The van der Waals surface area contributed by atoms with E-state index in [1.165, 1.54) is 18.2 Å². The van der Waals surface area contributed by atoms with Crippen LogP contribution < -0.4 is 10.6 Å². The zero-order valence-electron chi connectivity index (χ0n) is 14.2. The third-order valence-electron chi connectivity index (χ3n) is 4.15. The minimum atomic E-state index is -0.535. The van der Waals surface area contributed by atoms with Crippen LogP contribution >= 0.6 is 0 Å². The summed E-state index contributed by atoms with van der Waals surface area (Å²) in [5, 5.41) is 6.53. The Balaban J connectivity index is 2.16. The lowest BCUT2D eigenvalue weighted by Crippen LogP contribution is -2.39. The highest BCUT2D eigenvalue weighted by atomic mass is 19.1. The quantitative estimate of drug-likeness (QED) is 0.624. The van der Waals surface area contributed by atoms with E-state index in [2.05, 4.69) is 22.5 Å². The van der Waals surface area contributed by atoms with E-state index in [9.17, 15) is 8.78 Å². The third kappa shape index (κ3) is 4.64. The van der Waals surface area contributed by atoms with E-state index in [-0.39, 0.29) is 12.1 Å². The maximum absolute atomic E-state index is 14.1. The Morgan fingerprint density at radius 1 is 1.35 bits per heavy atom. The Bertz CT molecular complexity index is 539. The van der Waals surface area contributed by atoms with E-state index in [0.717, 1.165) is 13.0 Å². The van der Waals surface area contributed by atoms with Gasteiger partial charge in [-0.3, -0.25) is 4.99 Å². The lowest BCUT2D eigenvalue weighted by atomic mass is 10.0. The summed E-state index contributed by atoms with van der Waals surface area (Å²) in [4.78, 5) is 6.31. The summed E-state index contributed by atoms with van der Waals surface area (Å²) in [6.45, 7) is 5.20. The molecule has 0 amide bonds. The van der Waals surface area contributed by atoms with Gasteiger partial charge in [-0.15, -0.1) is 0 Å². The number of hydrogen-bond acceptors (Lipinski definition) is 2. The SMILES string of the molecule is CCNC(=NCC(c1c(F)cccc1F)N(C)C)NC1CC1C. The van der Waals surface area contributed by atoms with Crippen LogP contribution in [0, 0.1) is 17.6 Å². The highest BCUT2D eigenvalue weighted by Gasteiger charge is 2.33. The lowest BCUT2D eigenvalue weighted by molar-refractivity contribution is 0.290. The molecule has 2 rings (SSSR count). The van der Waals surface area contributed by atoms with Crippen LogP contribution in [0.3, 0.4) is 0 Å². The number of benzene rings is 1. The van der Waals surface area contributed by atoms with Crippen molar-refractivity contribution >= 4 is 5.96 Å². The fraction of sp³-hybridized carbons (Fsp3) is 0.588. The second-order valence-corrected chi connectivity index (χ2v) is 6.30. The van der Waals surface area contributed by atoms with E-state index < -0.39 is 17.7 Å². The first-order chi connectivity index (χ1) is 10.9. The van der Waals surface area contributed by atoms with Gasteiger partial charge in [0.05, 0.1) is 12.6 Å². The van der Waals surface area contributed by atoms with Crippen molar-refractivity contribution in [1.82, 2.24) is 15.5 Å². The Kier molecular flexibility index (Phi) is 5.93. The first-order valence-corrected chi connectivity index (χ1v) is 8.09. The van der Waals surface area contributed by atoms with Crippen molar-refractivity contribution in [3.8, 4) is 0 Å². The van der Waals surface area contributed by atoms with E-state index in [1.54, 1.807) is 19.0 Å². The number of halogens is 2. The summed E-state index contributed by atoms with van der Waals surface area (Å²) in [6, 6.07) is 3.94. The average Bonchev–Trinajstić information content (AvgIpc) is 3.16. The molecule has 0 radical (unpaired) electrons. The molecular formula is C17H26F2N4. The number of nitrogens with zero attached hydrogens (tertiary/aromatic N) is 2. The highest BCUT2D eigenvalue weighted by Crippen LogP contribution is 2.29. The smallest absolute Gasteiger partial charge is 0.191 e. The summed E-state index contributed by atoms with van der Waals surface area (Å²) in [5.41, 5.74) is 0.0666. The van der Waals surface area contributed by atoms with Gasteiger partial charge >= 0.3 is 0 Å². The minimum Gasteiger partial charge on any atom is -0.357 e. The van der Waals surface area contributed by atoms with Crippen LogP contribution in [0.1, 0.15) is 31.9 Å². The number of aliphatic imine (C=N–C) groups is 1. The van der Waals surface area contributed by atoms with Gasteiger partial charge in [-0.1, -0.05) is 13.0 Å². The predicted molar refractivity (Wildman–Crippen MR) is 89.5 cm³/mol. The minimum absolute atomic E-state index is 0.0666. The average molecular weight is 324 g/mol. The Morgan fingerprint density at radius 3 is 2.43 bits per heavy atom. The second kappa shape index (κ2) is 7.73. The van der Waals surface area contributed by atoms with Gasteiger partial charge in [-0.25, -0.2) is 8.78 Å². The molecule has 2 N–H and O–H groups in total. The summed E-state index contributed by atoms with van der Waals surface area (Å²) >= 11 is 0. The van der Waals surface area contributed by atoms with Crippen molar-refractivity contribution in [3.63, 3.8) is 0 Å². The summed E-state index contributed by atoms with van der Waals surface area (Å²) in [7, 11) is 3.60. The van der Waals surface area contributed by atoms with Gasteiger partial charge in [0.15, 0.2) is 5.96 Å². The molecule has 1 fully saturated rings. The molecule has 1 aliphatic rings. The maximum atomic E-state index is 14.1. The molecule has 0 aliphatic heterocycles. The maximum Gasteiger partial charge on any atom is 0.191 e. The molecule has 0 heterocycles. The van der Waals surface area contributed by atoms with Gasteiger partial charge in [0.25, 0.3) is 0 Å². The van der Waals surface area contributed by atoms with Crippen LogP contribution in [0.15, 0.2) is 23.2 Å². The zero-order valence-corrected chi connectivity index (χ0v) is 14.2. The molecule has 3 atom stereocenters. The Labute approximate surface area is 137 Å². The molecule has 4 nitrogen and oxygen atoms in total. The first kappa shape index (κ1) is 17.7. The molecular weight excluding hydrogens is 298 g/mol. The van der Waals surface area contributed by atoms with E-state index in [0.29, 0.717) is 17.9 Å². The Hall–Kier alpha value is -1.69. The molecule has 3 unspecified atom stereocenters.